The number of nitrogens with one attached hydrogen (secondary N) is 1. The van der Waals surface area contributed by atoms with Crippen LogP contribution in [0, 0.1) is 23.7 Å². The molecule has 7 heteroatoms. The Balaban J connectivity index is 1.45. The molecule has 0 unspecified atom stereocenters. The Hall–Kier alpha value is -3.48. The Kier molecular flexibility index (Phi) is 4.81. The highest BCUT2D eigenvalue weighted by Crippen LogP contribution is 2.51. The van der Waals surface area contributed by atoms with Gasteiger partial charge in [-0.3, -0.25) is 19.3 Å². The van der Waals surface area contributed by atoms with E-state index in [0.717, 1.165) is 18.4 Å². The Morgan fingerprint density at radius 1 is 1.03 bits per heavy atom. The van der Waals surface area contributed by atoms with Crippen LogP contribution in [0.4, 0.5) is 5.82 Å². The van der Waals surface area contributed by atoms with Gasteiger partial charge in [-0.15, -0.1) is 0 Å². The topological polar surface area (TPSA) is 99.6 Å². The summed E-state index contributed by atoms with van der Waals surface area (Å²) in [5, 5.41) is 12.5. The molecule has 2 heterocycles. The number of fused-ring (bicyclic) bond motifs is 1. The molecule has 1 saturated carbocycles. The average molecular weight is 417 g/mol. The molecule has 1 aromatic carbocycles. The molecular formula is C24H23N3O4. The highest BCUT2D eigenvalue weighted by Gasteiger charge is 2.58. The van der Waals surface area contributed by atoms with E-state index in [1.165, 1.54) is 17.2 Å². The second-order valence-corrected chi connectivity index (χ2v) is 8.44. The summed E-state index contributed by atoms with van der Waals surface area (Å²) in [5.41, 5.74) is 0.726. The van der Waals surface area contributed by atoms with Crippen LogP contribution in [0.3, 0.4) is 0 Å². The number of allylic oxidation sites excluding steroid dienone is 2. The first-order valence-electron chi connectivity index (χ1n) is 10.6. The molecule has 4 aliphatic rings. The van der Waals surface area contributed by atoms with Gasteiger partial charge in [0.2, 0.25) is 17.7 Å². The van der Waals surface area contributed by atoms with Crippen molar-refractivity contribution in [3.8, 4) is 5.75 Å². The zero-order valence-electron chi connectivity index (χ0n) is 16.8. The molecule has 1 saturated heterocycles. The van der Waals surface area contributed by atoms with Crippen molar-refractivity contribution >= 4 is 23.5 Å². The van der Waals surface area contributed by atoms with E-state index in [4.69, 9.17) is 0 Å². The number of carbonyl (C=O) groups is 3. The molecule has 2 bridgehead atoms. The largest absolute Gasteiger partial charge is 0.504 e. The summed E-state index contributed by atoms with van der Waals surface area (Å²) in [6.45, 7) is 0. The predicted octanol–water partition coefficient (Wildman–Crippen LogP) is 3.05. The number of rotatable bonds is 5. The zero-order valence-corrected chi connectivity index (χ0v) is 16.8. The molecule has 158 valence electrons. The van der Waals surface area contributed by atoms with Crippen molar-refractivity contribution in [2.75, 3.05) is 5.32 Å². The lowest BCUT2D eigenvalue weighted by molar-refractivity contribution is -0.143. The summed E-state index contributed by atoms with van der Waals surface area (Å²) in [6.07, 6.45) is 7.36. The maximum atomic E-state index is 13.4. The summed E-state index contributed by atoms with van der Waals surface area (Å²) in [4.78, 5) is 45.0. The number of anilines is 1. The molecule has 3 aliphatic carbocycles. The SMILES string of the molecule is O=C(C[C@@H](c1ccccc1)N1C(=O)[C@@H]2[C@H](C1=O)[C@H]1C=C[C@H]2CC1)Nc1ncccc1O. The van der Waals surface area contributed by atoms with Crippen molar-refractivity contribution < 1.29 is 19.5 Å². The van der Waals surface area contributed by atoms with Gasteiger partial charge in [0.1, 0.15) is 0 Å². The first-order valence-corrected chi connectivity index (χ1v) is 10.6. The van der Waals surface area contributed by atoms with E-state index in [1.54, 1.807) is 6.07 Å². The molecule has 2 fully saturated rings. The number of aromatic nitrogens is 1. The Bertz CT molecular complexity index is 1040. The third kappa shape index (κ3) is 3.30. The molecule has 7 nitrogen and oxygen atoms in total. The highest BCUT2D eigenvalue weighted by molar-refractivity contribution is 6.07. The van der Waals surface area contributed by atoms with Gasteiger partial charge in [-0.25, -0.2) is 4.98 Å². The lowest BCUT2D eigenvalue weighted by Gasteiger charge is -2.38. The standard InChI is InChI=1S/C24H23N3O4/c28-18-7-4-12-25-22(18)26-19(29)13-17(14-5-2-1-3-6-14)27-23(30)20-15-8-9-16(11-10-15)21(20)24(27)31/h1-9,12,15-17,20-21,28H,10-11,13H2,(H,25,26,29)/t15-,16-,17-,20-,21+/m0/s1. The lowest BCUT2D eigenvalue weighted by atomic mass is 9.63. The quantitative estimate of drug-likeness (QED) is 0.575. The summed E-state index contributed by atoms with van der Waals surface area (Å²) in [7, 11) is 0. The van der Waals surface area contributed by atoms with E-state index >= 15 is 0 Å². The minimum absolute atomic E-state index is 0.0503. The van der Waals surface area contributed by atoms with Gasteiger partial charge in [0.05, 0.1) is 24.3 Å². The van der Waals surface area contributed by atoms with Gasteiger partial charge in [0.25, 0.3) is 0 Å². The van der Waals surface area contributed by atoms with Crippen LogP contribution in [0.2, 0.25) is 0 Å². The van der Waals surface area contributed by atoms with Crippen LogP contribution in [0.5, 0.6) is 5.75 Å². The van der Waals surface area contributed by atoms with Gasteiger partial charge in [-0.1, -0.05) is 42.5 Å². The number of hydrogen-bond acceptors (Lipinski definition) is 5. The van der Waals surface area contributed by atoms with E-state index < -0.39 is 11.9 Å². The van der Waals surface area contributed by atoms with E-state index in [9.17, 15) is 19.5 Å². The fraction of sp³-hybridized carbons (Fsp3) is 0.333. The van der Waals surface area contributed by atoms with Crippen molar-refractivity contribution in [2.24, 2.45) is 23.7 Å². The number of imide groups is 1. The molecule has 2 N–H and O–H groups in total. The van der Waals surface area contributed by atoms with Gasteiger partial charge < -0.3 is 10.4 Å². The molecule has 31 heavy (non-hydrogen) atoms. The molecule has 1 aromatic heterocycles. The highest BCUT2D eigenvalue weighted by atomic mass is 16.3. The number of pyridine rings is 1. The molecule has 0 radical (unpaired) electrons. The predicted molar refractivity (Wildman–Crippen MR) is 113 cm³/mol. The van der Waals surface area contributed by atoms with Crippen LogP contribution in [0.15, 0.2) is 60.8 Å². The summed E-state index contributed by atoms with van der Waals surface area (Å²) in [6, 6.07) is 11.4. The fourth-order valence-corrected chi connectivity index (χ4v) is 5.29. The Labute approximate surface area is 179 Å². The third-order valence-electron chi connectivity index (χ3n) is 6.71. The summed E-state index contributed by atoms with van der Waals surface area (Å²) < 4.78 is 0. The van der Waals surface area contributed by atoms with E-state index in [-0.39, 0.29) is 53.5 Å². The second kappa shape index (κ2) is 7.65. The van der Waals surface area contributed by atoms with E-state index in [2.05, 4.69) is 22.5 Å². The van der Waals surface area contributed by atoms with Crippen molar-refractivity contribution in [1.29, 1.82) is 0 Å². The molecule has 1 aliphatic heterocycles. The number of benzene rings is 1. The smallest absolute Gasteiger partial charge is 0.234 e. The maximum Gasteiger partial charge on any atom is 0.234 e. The van der Waals surface area contributed by atoms with Gasteiger partial charge >= 0.3 is 0 Å². The maximum absolute atomic E-state index is 13.4. The Morgan fingerprint density at radius 3 is 2.26 bits per heavy atom. The van der Waals surface area contributed by atoms with E-state index in [0.29, 0.717) is 0 Å². The van der Waals surface area contributed by atoms with Crippen molar-refractivity contribution in [1.82, 2.24) is 9.88 Å². The van der Waals surface area contributed by atoms with Crippen LogP contribution in [0.25, 0.3) is 0 Å². The van der Waals surface area contributed by atoms with Crippen LogP contribution in [0.1, 0.15) is 30.9 Å². The van der Waals surface area contributed by atoms with Crippen LogP contribution in [-0.4, -0.2) is 32.7 Å². The zero-order chi connectivity index (χ0) is 21.5. The number of likely N-dealkylation sites (tertiary alicyclic amines) is 1. The number of amides is 3. The second-order valence-electron chi connectivity index (χ2n) is 8.44. The van der Waals surface area contributed by atoms with Crippen LogP contribution < -0.4 is 5.32 Å². The third-order valence-corrected chi connectivity index (χ3v) is 6.71. The van der Waals surface area contributed by atoms with Crippen molar-refractivity contribution in [3.63, 3.8) is 0 Å². The molecule has 0 spiro atoms. The molecule has 2 aromatic rings. The number of nitrogens with zero attached hydrogens (tertiary/aromatic N) is 2. The number of hydrogen-bond donors (Lipinski definition) is 2. The monoisotopic (exact) mass is 417 g/mol. The fourth-order valence-electron chi connectivity index (χ4n) is 5.29. The normalized spacial score (nSPS) is 27.3. The number of aromatic hydroxyl groups is 1. The van der Waals surface area contributed by atoms with E-state index in [1.807, 2.05) is 30.3 Å². The molecule has 5 atom stereocenters. The first kappa shape index (κ1) is 19.5. The first-order chi connectivity index (χ1) is 15.0. The van der Waals surface area contributed by atoms with Crippen molar-refractivity contribution in [2.45, 2.75) is 25.3 Å². The molecular weight excluding hydrogens is 394 g/mol. The molecule has 3 amide bonds. The van der Waals surface area contributed by atoms with Crippen LogP contribution in [-0.2, 0) is 14.4 Å². The van der Waals surface area contributed by atoms with Crippen molar-refractivity contribution in [3.05, 3.63) is 66.4 Å². The van der Waals surface area contributed by atoms with Gasteiger partial charge in [0.15, 0.2) is 11.6 Å². The molecule has 6 rings (SSSR count). The van der Waals surface area contributed by atoms with Crippen LogP contribution >= 0.6 is 0 Å². The summed E-state index contributed by atoms with van der Waals surface area (Å²) in [5.74, 6) is -1.37. The van der Waals surface area contributed by atoms with Gasteiger partial charge in [-0.05, 0) is 42.4 Å². The van der Waals surface area contributed by atoms with Gasteiger partial charge in [-0.2, -0.15) is 0 Å². The summed E-state index contributed by atoms with van der Waals surface area (Å²) >= 11 is 0. The minimum Gasteiger partial charge on any atom is -0.504 e. The Morgan fingerprint density at radius 2 is 1.68 bits per heavy atom. The van der Waals surface area contributed by atoms with Gasteiger partial charge in [0, 0.05) is 6.20 Å². The lowest BCUT2D eigenvalue weighted by Crippen LogP contribution is -2.38. The average Bonchev–Trinajstić information content (AvgIpc) is 3.07. The number of carbonyl (C=O) groups excluding carboxylic acids is 3. The minimum atomic E-state index is -0.711.